The standard InChI is InChI=1S/C19H27N3O10S3/c1-5-20-14-7-18(33-19-13(14)6-11(2)34(19,27)28)35(29,30)21-15(24)8-22(4)16(25)9-32-17(26)10-31-12(3)23/h7,11,14,20H,5-6,8-10H2,1-4H3,(H,21,24)/t11-,14-/m0/s1. The van der Waals surface area contributed by atoms with E-state index >= 15 is 0 Å². The third-order valence-corrected chi connectivity index (χ3v) is 10.7. The fraction of sp³-hybridized carbons (Fsp3) is 0.579. The molecule has 0 fully saturated rings. The highest BCUT2D eigenvalue weighted by Crippen LogP contribution is 2.47. The number of carbonyl (C=O) groups is 4. The molecule has 0 radical (unpaired) electrons. The van der Waals surface area contributed by atoms with E-state index in [1.165, 1.54) is 13.1 Å². The number of nitrogens with zero attached hydrogens (tertiary/aromatic N) is 1. The second-order valence-electron chi connectivity index (χ2n) is 7.71. The maximum absolute atomic E-state index is 12.8. The molecule has 0 spiro atoms. The molecule has 2 atom stereocenters. The molecule has 2 aliphatic heterocycles. The molecule has 0 aliphatic carbocycles. The Labute approximate surface area is 207 Å². The highest BCUT2D eigenvalue weighted by atomic mass is 32.3. The molecule has 0 aromatic carbocycles. The molecule has 2 heterocycles. The van der Waals surface area contributed by atoms with Crippen LogP contribution in [-0.4, -0.2) is 90.1 Å². The van der Waals surface area contributed by atoms with Crippen molar-refractivity contribution in [2.75, 3.05) is 33.4 Å². The fourth-order valence-electron chi connectivity index (χ4n) is 3.14. The largest absolute Gasteiger partial charge is 0.454 e. The van der Waals surface area contributed by atoms with E-state index in [0.29, 0.717) is 23.9 Å². The molecule has 16 heteroatoms. The maximum Gasteiger partial charge on any atom is 0.344 e. The molecule has 0 saturated heterocycles. The molecule has 2 N–H and O–H groups in total. The Morgan fingerprint density at radius 2 is 1.86 bits per heavy atom. The monoisotopic (exact) mass is 553 g/mol. The Morgan fingerprint density at radius 1 is 1.20 bits per heavy atom. The first-order valence-electron chi connectivity index (χ1n) is 10.4. The van der Waals surface area contributed by atoms with Crippen LogP contribution in [0.3, 0.4) is 0 Å². The van der Waals surface area contributed by atoms with Gasteiger partial charge in [0.15, 0.2) is 23.1 Å². The summed E-state index contributed by atoms with van der Waals surface area (Å²) in [7, 11) is -6.94. The summed E-state index contributed by atoms with van der Waals surface area (Å²) in [6.07, 6.45) is 1.63. The van der Waals surface area contributed by atoms with Crippen molar-refractivity contribution in [1.82, 2.24) is 14.9 Å². The fourth-order valence-corrected chi connectivity index (χ4v) is 8.19. The Bertz CT molecular complexity index is 1170. The van der Waals surface area contributed by atoms with Gasteiger partial charge in [-0.3, -0.25) is 14.4 Å². The van der Waals surface area contributed by atoms with Gasteiger partial charge in [0.1, 0.15) is 15.0 Å². The van der Waals surface area contributed by atoms with Crippen molar-refractivity contribution < 1.29 is 45.5 Å². The minimum atomic E-state index is -4.44. The highest BCUT2D eigenvalue weighted by molar-refractivity contribution is 8.28. The molecule has 2 rings (SSSR count). The lowest BCUT2D eigenvalue weighted by molar-refractivity contribution is -0.160. The zero-order chi connectivity index (χ0) is 26.6. The predicted molar refractivity (Wildman–Crippen MR) is 125 cm³/mol. The number of ether oxygens (including phenoxy) is 2. The number of hydrogen-bond donors (Lipinski definition) is 2. The van der Waals surface area contributed by atoms with Crippen LogP contribution in [0.4, 0.5) is 0 Å². The zero-order valence-electron chi connectivity index (χ0n) is 19.5. The number of esters is 2. The van der Waals surface area contributed by atoms with Gasteiger partial charge in [-0.15, -0.1) is 0 Å². The van der Waals surface area contributed by atoms with Crippen molar-refractivity contribution in [1.29, 1.82) is 0 Å². The Kier molecular flexibility index (Phi) is 9.49. The Balaban J connectivity index is 2.01. The topological polar surface area (TPSA) is 182 Å². The van der Waals surface area contributed by atoms with Crippen LogP contribution in [0.1, 0.15) is 27.2 Å². The van der Waals surface area contributed by atoms with Gasteiger partial charge < -0.3 is 19.7 Å². The van der Waals surface area contributed by atoms with Gasteiger partial charge in [0, 0.05) is 14.0 Å². The van der Waals surface area contributed by atoms with E-state index in [9.17, 15) is 36.0 Å². The van der Waals surface area contributed by atoms with E-state index in [4.69, 9.17) is 0 Å². The van der Waals surface area contributed by atoms with Gasteiger partial charge in [-0.25, -0.2) is 26.4 Å². The summed E-state index contributed by atoms with van der Waals surface area (Å²) in [5.74, 6) is -3.56. The number of amides is 2. The highest BCUT2D eigenvalue weighted by Gasteiger charge is 2.43. The van der Waals surface area contributed by atoms with E-state index < -0.39 is 74.7 Å². The molecule has 196 valence electrons. The van der Waals surface area contributed by atoms with Crippen molar-refractivity contribution >= 4 is 55.4 Å². The SMILES string of the molecule is CCN[C@H]1C=C(S(=O)(=O)NC(=O)CN(C)C(=O)COC(=O)COC(C)=O)SC2=C1C[C@H](C)S2(=O)=O. The molecule has 0 aromatic heterocycles. The molecular weight excluding hydrogens is 526 g/mol. The van der Waals surface area contributed by atoms with E-state index in [1.807, 2.05) is 4.72 Å². The summed E-state index contributed by atoms with van der Waals surface area (Å²) in [4.78, 5) is 47.2. The third-order valence-electron chi connectivity index (χ3n) is 4.92. The van der Waals surface area contributed by atoms with Gasteiger partial charge in [0.05, 0.1) is 11.3 Å². The van der Waals surface area contributed by atoms with Crippen molar-refractivity contribution in [2.24, 2.45) is 0 Å². The predicted octanol–water partition coefficient (Wildman–Crippen LogP) is -1.02. The summed E-state index contributed by atoms with van der Waals surface area (Å²) in [5.41, 5.74) is 0.586. The first-order valence-corrected chi connectivity index (χ1v) is 14.2. The number of thioether (sulfide) groups is 1. The Hall–Kier alpha value is -2.43. The van der Waals surface area contributed by atoms with Crippen molar-refractivity contribution in [3.05, 3.63) is 20.1 Å². The summed E-state index contributed by atoms with van der Waals surface area (Å²) >= 11 is 0.571. The van der Waals surface area contributed by atoms with Crippen LogP contribution in [0.25, 0.3) is 0 Å². The third kappa shape index (κ3) is 7.28. The summed E-state index contributed by atoms with van der Waals surface area (Å²) in [6, 6.07) is -0.622. The average molecular weight is 554 g/mol. The number of sulfone groups is 1. The van der Waals surface area contributed by atoms with Crippen LogP contribution >= 0.6 is 11.8 Å². The maximum atomic E-state index is 12.8. The number of hydrogen-bond acceptors (Lipinski definition) is 12. The van der Waals surface area contributed by atoms with E-state index in [0.717, 1.165) is 11.8 Å². The van der Waals surface area contributed by atoms with Gasteiger partial charge in [-0.1, -0.05) is 18.7 Å². The van der Waals surface area contributed by atoms with Crippen molar-refractivity contribution in [2.45, 2.75) is 38.5 Å². The van der Waals surface area contributed by atoms with Gasteiger partial charge in [-0.2, -0.15) is 0 Å². The molecule has 13 nitrogen and oxygen atoms in total. The smallest absolute Gasteiger partial charge is 0.344 e. The minimum Gasteiger partial charge on any atom is -0.454 e. The molecule has 0 aromatic rings. The molecular formula is C19H27N3O10S3. The first-order chi connectivity index (χ1) is 16.2. The molecule has 2 aliphatic rings. The zero-order valence-corrected chi connectivity index (χ0v) is 22.0. The number of nitrogens with one attached hydrogen (secondary N) is 2. The second kappa shape index (κ2) is 11.5. The van der Waals surface area contributed by atoms with Gasteiger partial charge >= 0.3 is 11.9 Å². The lowest BCUT2D eigenvalue weighted by Gasteiger charge is -2.23. The second-order valence-corrected chi connectivity index (χ2v) is 13.2. The molecule has 0 saturated carbocycles. The molecule has 2 amide bonds. The lowest BCUT2D eigenvalue weighted by Crippen LogP contribution is -2.42. The number of sulfonamides is 1. The number of likely N-dealkylation sites (N-methyl/N-ethyl adjacent to an activating group) is 2. The molecule has 0 unspecified atom stereocenters. The summed E-state index contributed by atoms with van der Waals surface area (Å²) in [6.45, 7) is 2.76. The quantitative estimate of drug-likeness (QED) is 0.315. The lowest BCUT2D eigenvalue weighted by atomic mass is 10.0. The molecule has 35 heavy (non-hydrogen) atoms. The van der Waals surface area contributed by atoms with Gasteiger partial charge in [0.25, 0.3) is 21.8 Å². The molecule has 0 bridgehead atoms. The van der Waals surface area contributed by atoms with Crippen LogP contribution in [-0.2, 0) is 48.5 Å². The van der Waals surface area contributed by atoms with Crippen LogP contribution in [0.2, 0.25) is 0 Å². The van der Waals surface area contributed by atoms with Crippen LogP contribution in [0, 0.1) is 0 Å². The van der Waals surface area contributed by atoms with Gasteiger partial charge in [0.2, 0.25) is 0 Å². The van der Waals surface area contributed by atoms with Crippen LogP contribution in [0.15, 0.2) is 20.1 Å². The van der Waals surface area contributed by atoms with Gasteiger partial charge in [-0.05, 0) is 31.5 Å². The van der Waals surface area contributed by atoms with E-state index in [2.05, 4.69) is 14.8 Å². The van der Waals surface area contributed by atoms with Crippen molar-refractivity contribution in [3.8, 4) is 0 Å². The average Bonchev–Trinajstić information content (AvgIpc) is 2.99. The Morgan fingerprint density at radius 3 is 2.46 bits per heavy atom. The first kappa shape index (κ1) is 28.8. The van der Waals surface area contributed by atoms with E-state index in [1.54, 1.807) is 13.8 Å². The van der Waals surface area contributed by atoms with Crippen molar-refractivity contribution in [3.63, 3.8) is 0 Å². The van der Waals surface area contributed by atoms with E-state index in [-0.39, 0.29) is 14.9 Å². The minimum absolute atomic E-state index is 0.0332. The number of rotatable bonds is 10. The normalized spacial score (nSPS) is 21.0. The van der Waals surface area contributed by atoms with Crippen LogP contribution < -0.4 is 10.0 Å². The van der Waals surface area contributed by atoms with Crippen LogP contribution in [0.5, 0.6) is 0 Å². The number of carbonyl (C=O) groups excluding carboxylic acids is 4. The summed E-state index contributed by atoms with van der Waals surface area (Å²) < 4.78 is 61.5. The summed E-state index contributed by atoms with van der Waals surface area (Å²) in [5, 5.41) is 2.36.